The van der Waals surface area contributed by atoms with Crippen molar-refractivity contribution in [3.8, 4) is 17.2 Å². The summed E-state index contributed by atoms with van der Waals surface area (Å²) in [6.45, 7) is 1.90. The van der Waals surface area contributed by atoms with Crippen LogP contribution in [-0.2, 0) is 4.79 Å². The standard InChI is InChI=1S/C17H14BrClN2O4/c1-10-4-12(19)2-3-14(10)23-8-17(22)21-20-7-11-5-15-16(6-13(11)18)25-9-24-15/h2-7H,8-9H2,1H3,(H,21,22)/b20-7+. The van der Waals surface area contributed by atoms with Crippen molar-refractivity contribution in [1.82, 2.24) is 5.43 Å². The molecule has 6 nitrogen and oxygen atoms in total. The zero-order chi connectivity index (χ0) is 17.8. The zero-order valence-corrected chi connectivity index (χ0v) is 15.6. The van der Waals surface area contributed by atoms with Gasteiger partial charge in [-0.15, -0.1) is 0 Å². The molecular formula is C17H14BrClN2O4. The number of hydrogen-bond donors (Lipinski definition) is 1. The average molecular weight is 426 g/mol. The van der Waals surface area contributed by atoms with Gasteiger partial charge in [-0.3, -0.25) is 4.79 Å². The number of hydrazone groups is 1. The van der Waals surface area contributed by atoms with Crippen LogP contribution in [0, 0.1) is 6.92 Å². The van der Waals surface area contributed by atoms with Gasteiger partial charge in [0.25, 0.3) is 5.91 Å². The molecule has 0 saturated carbocycles. The fraction of sp³-hybridized carbons (Fsp3) is 0.176. The highest BCUT2D eigenvalue weighted by Gasteiger charge is 2.15. The molecule has 0 spiro atoms. The summed E-state index contributed by atoms with van der Waals surface area (Å²) in [5, 5.41) is 4.54. The van der Waals surface area contributed by atoms with E-state index in [1.807, 2.05) is 6.92 Å². The van der Waals surface area contributed by atoms with Crippen molar-refractivity contribution in [2.75, 3.05) is 13.4 Å². The molecule has 1 aliphatic heterocycles. The summed E-state index contributed by atoms with van der Waals surface area (Å²) in [7, 11) is 0. The van der Waals surface area contributed by atoms with Crippen LogP contribution < -0.4 is 19.6 Å². The zero-order valence-electron chi connectivity index (χ0n) is 13.2. The third kappa shape index (κ3) is 4.43. The Balaban J connectivity index is 1.54. The molecule has 1 N–H and O–H groups in total. The van der Waals surface area contributed by atoms with E-state index in [0.29, 0.717) is 22.3 Å². The average Bonchev–Trinajstić information content (AvgIpc) is 3.01. The number of rotatable bonds is 5. The highest BCUT2D eigenvalue weighted by atomic mass is 79.9. The van der Waals surface area contributed by atoms with Gasteiger partial charge in [-0.25, -0.2) is 5.43 Å². The molecule has 0 aliphatic carbocycles. The van der Waals surface area contributed by atoms with Gasteiger partial charge in [-0.1, -0.05) is 11.6 Å². The first kappa shape index (κ1) is 17.6. The predicted octanol–water partition coefficient (Wildman–Crippen LogP) is 3.67. The predicted molar refractivity (Wildman–Crippen MR) is 97.7 cm³/mol. The van der Waals surface area contributed by atoms with Crippen molar-refractivity contribution >= 4 is 39.7 Å². The van der Waals surface area contributed by atoms with E-state index in [-0.39, 0.29) is 19.3 Å². The summed E-state index contributed by atoms with van der Waals surface area (Å²) >= 11 is 9.30. The Kier molecular flexibility index (Phi) is 5.45. The SMILES string of the molecule is Cc1cc(Cl)ccc1OCC(=O)N/N=C/c1cc2c(cc1Br)OCO2. The van der Waals surface area contributed by atoms with Crippen molar-refractivity contribution in [1.29, 1.82) is 0 Å². The maximum atomic E-state index is 11.8. The summed E-state index contributed by atoms with van der Waals surface area (Å²) in [5.41, 5.74) is 4.02. The molecule has 1 heterocycles. The van der Waals surface area contributed by atoms with Gasteiger partial charge in [-0.05, 0) is 58.7 Å². The van der Waals surface area contributed by atoms with Crippen LogP contribution in [-0.4, -0.2) is 25.5 Å². The van der Waals surface area contributed by atoms with Gasteiger partial charge in [0.05, 0.1) is 6.21 Å². The number of halogens is 2. The van der Waals surface area contributed by atoms with E-state index in [0.717, 1.165) is 15.6 Å². The Morgan fingerprint density at radius 1 is 1.36 bits per heavy atom. The molecule has 0 bridgehead atoms. The number of carbonyl (C=O) groups is 1. The van der Waals surface area contributed by atoms with Gasteiger partial charge in [0.1, 0.15) is 5.75 Å². The molecular weight excluding hydrogens is 412 g/mol. The fourth-order valence-electron chi connectivity index (χ4n) is 2.16. The molecule has 8 heteroatoms. The number of nitrogens with zero attached hydrogens (tertiary/aromatic N) is 1. The number of hydrogen-bond acceptors (Lipinski definition) is 5. The number of nitrogens with one attached hydrogen (secondary N) is 1. The highest BCUT2D eigenvalue weighted by Crippen LogP contribution is 2.36. The molecule has 2 aromatic carbocycles. The van der Waals surface area contributed by atoms with Crippen LogP contribution in [0.25, 0.3) is 0 Å². The van der Waals surface area contributed by atoms with Crippen LogP contribution in [0.2, 0.25) is 5.02 Å². The summed E-state index contributed by atoms with van der Waals surface area (Å²) in [6, 6.07) is 8.76. The van der Waals surface area contributed by atoms with Crippen molar-refractivity contribution < 1.29 is 19.0 Å². The van der Waals surface area contributed by atoms with Crippen LogP contribution in [0.4, 0.5) is 0 Å². The minimum Gasteiger partial charge on any atom is -0.483 e. The third-order valence-electron chi connectivity index (χ3n) is 3.38. The maximum Gasteiger partial charge on any atom is 0.277 e. The Morgan fingerprint density at radius 3 is 2.88 bits per heavy atom. The van der Waals surface area contributed by atoms with E-state index in [2.05, 4.69) is 26.5 Å². The molecule has 0 aromatic heterocycles. The second-order valence-corrected chi connectivity index (χ2v) is 6.51. The molecule has 1 amide bonds. The van der Waals surface area contributed by atoms with Gasteiger partial charge >= 0.3 is 0 Å². The van der Waals surface area contributed by atoms with Crippen LogP contribution in [0.3, 0.4) is 0 Å². The number of amides is 1. The van der Waals surface area contributed by atoms with Gasteiger partial charge < -0.3 is 14.2 Å². The topological polar surface area (TPSA) is 69.2 Å². The molecule has 0 radical (unpaired) electrons. The number of carbonyl (C=O) groups excluding carboxylic acids is 1. The van der Waals surface area contributed by atoms with Crippen LogP contribution in [0.1, 0.15) is 11.1 Å². The Bertz CT molecular complexity index is 842. The Labute approximate surface area is 157 Å². The fourth-order valence-corrected chi connectivity index (χ4v) is 2.81. The van der Waals surface area contributed by atoms with E-state index in [1.54, 1.807) is 30.3 Å². The lowest BCUT2D eigenvalue weighted by molar-refractivity contribution is -0.123. The summed E-state index contributed by atoms with van der Waals surface area (Å²) < 4.78 is 16.8. The maximum absolute atomic E-state index is 11.8. The van der Waals surface area contributed by atoms with Crippen LogP contribution >= 0.6 is 27.5 Å². The summed E-state index contributed by atoms with van der Waals surface area (Å²) in [4.78, 5) is 11.8. The molecule has 0 saturated heterocycles. The molecule has 1 aliphatic rings. The van der Waals surface area contributed by atoms with Gasteiger partial charge in [0.15, 0.2) is 18.1 Å². The van der Waals surface area contributed by atoms with Gasteiger partial charge in [0.2, 0.25) is 6.79 Å². The minimum absolute atomic E-state index is 0.151. The van der Waals surface area contributed by atoms with E-state index < -0.39 is 0 Å². The number of aryl methyl sites for hydroxylation is 1. The smallest absolute Gasteiger partial charge is 0.277 e. The first-order valence-corrected chi connectivity index (χ1v) is 8.50. The van der Waals surface area contributed by atoms with Crippen LogP contribution in [0.5, 0.6) is 17.2 Å². The largest absolute Gasteiger partial charge is 0.483 e. The second-order valence-electron chi connectivity index (χ2n) is 5.22. The Morgan fingerprint density at radius 2 is 2.12 bits per heavy atom. The quantitative estimate of drug-likeness (QED) is 0.586. The van der Waals surface area contributed by atoms with Crippen molar-refractivity contribution in [2.45, 2.75) is 6.92 Å². The van der Waals surface area contributed by atoms with E-state index in [1.165, 1.54) is 6.21 Å². The summed E-state index contributed by atoms with van der Waals surface area (Å²) in [6.07, 6.45) is 1.51. The molecule has 130 valence electrons. The monoisotopic (exact) mass is 424 g/mol. The van der Waals surface area contributed by atoms with E-state index in [4.69, 9.17) is 25.8 Å². The summed E-state index contributed by atoms with van der Waals surface area (Å²) in [5.74, 6) is 1.53. The lowest BCUT2D eigenvalue weighted by Gasteiger charge is -2.08. The highest BCUT2D eigenvalue weighted by molar-refractivity contribution is 9.10. The number of benzene rings is 2. The molecule has 0 atom stereocenters. The lowest BCUT2D eigenvalue weighted by atomic mass is 10.2. The third-order valence-corrected chi connectivity index (χ3v) is 4.30. The van der Waals surface area contributed by atoms with Crippen LogP contribution in [0.15, 0.2) is 39.9 Å². The molecule has 25 heavy (non-hydrogen) atoms. The minimum atomic E-state index is -0.373. The molecule has 0 fully saturated rings. The van der Waals surface area contributed by atoms with E-state index in [9.17, 15) is 4.79 Å². The molecule has 2 aromatic rings. The first-order chi connectivity index (χ1) is 12.0. The Hall–Kier alpha value is -2.25. The molecule has 0 unspecified atom stereocenters. The number of fused-ring (bicyclic) bond motifs is 1. The second kappa shape index (κ2) is 7.76. The normalized spacial score (nSPS) is 12.4. The first-order valence-electron chi connectivity index (χ1n) is 7.33. The van der Waals surface area contributed by atoms with E-state index >= 15 is 0 Å². The number of ether oxygens (including phenoxy) is 3. The van der Waals surface area contributed by atoms with Crippen molar-refractivity contribution in [3.05, 3.63) is 51.0 Å². The van der Waals surface area contributed by atoms with Crippen molar-refractivity contribution in [3.63, 3.8) is 0 Å². The van der Waals surface area contributed by atoms with Gasteiger partial charge in [0, 0.05) is 15.1 Å². The lowest BCUT2D eigenvalue weighted by Crippen LogP contribution is -2.24. The van der Waals surface area contributed by atoms with Gasteiger partial charge in [-0.2, -0.15) is 5.10 Å². The molecule has 3 rings (SSSR count). The van der Waals surface area contributed by atoms with Crippen molar-refractivity contribution in [2.24, 2.45) is 5.10 Å².